The van der Waals surface area contributed by atoms with Crippen molar-refractivity contribution in [1.82, 2.24) is 14.9 Å². The minimum absolute atomic E-state index is 0.0974. The van der Waals surface area contributed by atoms with Gasteiger partial charge < -0.3 is 9.88 Å². The van der Waals surface area contributed by atoms with Crippen LogP contribution >= 0.6 is 0 Å². The van der Waals surface area contributed by atoms with Gasteiger partial charge in [-0.15, -0.1) is 0 Å². The number of hydrogen-bond donors (Lipinski definition) is 1. The van der Waals surface area contributed by atoms with E-state index in [0.717, 1.165) is 25.3 Å². The first-order valence-corrected chi connectivity index (χ1v) is 5.84. The zero-order valence-electron chi connectivity index (χ0n) is 10.4. The molecule has 4 heteroatoms. The molecule has 1 heterocycles. The van der Waals surface area contributed by atoms with Gasteiger partial charge in [0.1, 0.15) is 11.6 Å². The summed E-state index contributed by atoms with van der Waals surface area (Å²) in [6, 6.07) is 0. The zero-order valence-corrected chi connectivity index (χ0v) is 10.4. The minimum atomic E-state index is 0.0974. The highest BCUT2D eigenvalue weighted by molar-refractivity contribution is 5.81. The highest BCUT2D eigenvalue weighted by Gasteiger charge is 2.12. The summed E-state index contributed by atoms with van der Waals surface area (Å²) in [5.41, 5.74) is 0. The van der Waals surface area contributed by atoms with E-state index in [9.17, 15) is 4.79 Å². The summed E-state index contributed by atoms with van der Waals surface area (Å²) in [6.07, 6.45) is 4.99. The number of hydrogen-bond acceptors (Lipinski definition) is 3. The molecule has 1 unspecified atom stereocenters. The second kappa shape index (κ2) is 6.43. The van der Waals surface area contributed by atoms with Crippen molar-refractivity contribution in [2.24, 2.45) is 13.0 Å². The lowest BCUT2D eigenvalue weighted by Crippen LogP contribution is -2.26. The molecule has 1 rings (SSSR count). The molecule has 0 saturated heterocycles. The first-order chi connectivity index (χ1) is 7.65. The second-order valence-electron chi connectivity index (χ2n) is 4.13. The smallest absolute Gasteiger partial charge is 0.137 e. The Bertz CT molecular complexity index is 333. The van der Waals surface area contributed by atoms with Gasteiger partial charge in [0, 0.05) is 44.7 Å². The lowest BCUT2D eigenvalue weighted by molar-refractivity contribution is -0.122. The van der Waals surface area contributed by atoms with Gasteiger partial charge in [0.25, 0.3) is 0 Å². The maximum absolute atomic E-state index is 11.8. The van der Waals surface area contributed by atoms with Crippen molar-refractivity contribution in [2.45, 2.75) is 26.7 Å². The van der Waals surface area contributed by atoms with E-state index in [2.05, 4.69) is 10.3 Å². The molecule has 1 atom stereocenters. The number of carbonyl (C=O) groups is 1. The van der Waals surface area contributed by atoms with Crippen LogP contribution in [0.5, 0.6) is 0 Å². The molecule has 0 aliphatic rings. The van der Waals surface area contributed by atoms with Crippen molar-refractivity contribution >= 4 is 5.78 Å². The average molecular weight is 223 g/mol. The lowest BCUT2D eigenvalue weighted by atomic mass is 10.0. The Morgan fingerprint density at radius 2 is 2.38 bits per heavy atom. The van der Waals surface area contributed by atoms with Crippen molar-refractivity contribution in [3.05, 3.63) is 18.2 Å². The molecule has 1 aromatic rings. The molecule has 0 saturated carbocycles. The molecule has 1 aromatic heterocycles. The summed E-state index contributed by atoms with van der Waals surface area (Å²) in [5.74, 6) is 1.38. The van der Waals surface area contributed by atoms with Crippen LogP contribution in [-0.4, -0.2) is 28.4 Å². The van der Waals surface area contributed by atoms with Crippen LogP contribution in [-0.2, 0) is 18.3 Å². The second-order valence-corrected chi connectivity index (χ2v) is 4.13. The average Bonchev–Trinajstić information content (AvgIpc) is 2.68. The third-order valence-electron chi connectivity index (χ3n) is 2.77. The maximum atomic E-state index is 11.8. The fourth-order valence-corrected chi connectivity index (χ4v) is 1.59. The Labute approximate surface area is 97.1 Å². The number of Topliss-reactive ketones (excluding diaryl/α,β-unsaturated/α-hetero) is 1. The first kappa shape index (κ1) is 12.9. The van der Waals surface area contributed by atoms with Gasteiger partial charge >= 0.3 is 0 Å². The Morgan fingerprint density at radius 3 is 2.94 bits per heavy atom. The van der Waals surface area contributed by atoms with Crippen LogP contribution in [0.25, 0.3) is 0 Å². The first-order valence-electron chi connectivity index (χ1n) is 5.84. The van der Waals surface area contributed by atoms with E-state index in [0.29, 0.717) is 12.2 Å². The summed E-state index contributed by atoms with van der Waals surface area (Å²) in [7, 11) is 1.95. The van der Waals surface area contributed by atoms with Crippen LogP contribution in [0.4, 0.5) is 0 Å². The fraction of sp³-hybridized carbons (Fsp3) is 0.667. The summed E-state index contributed by atoms with van der Waals surface area (Å²) in [6.45, 7) is 5.71. The van der Waals surface area contributed by atoms with Gasteiger partial charge in [0.05, 0.1) is 0 Å². The molecule has 0 amide bonds. The number of nitrogens with one attached hydrogen (secondary N) is 1. The maximum Gasteiger partial charge on any atom is 0.137 e. The van der Waals surface area contributed by atoms with Gasteiger partial charge in [0.2, 0.25) is 0 Å². The van der Waals surface area contributed by atoms with E-state index in [-0.39, 0.29) is 5.92 Å². The Hall–Kier alpha value is -1.16. The molecule has 16 heavy (non-hydrogen) atoms. The van der Waals surface area contributed by atoms with Crippen LogP contribution in [0.15, 0.2) is 12.4 Å². The van der Waals surface area contributed by atoms with Crippen molar-refractivity contribution < 1.29 is 4.79 Å². The predicted octanol–water partition coefficient (Wildman–Crippen LogP) is 1.17. The third-order valence-corrected chi connectivity index (χ3v) is 2.77. The van der Waals surface area contributed by atoms with Gasteiger partial charge in [-0.1, -0.05) is 13.8 Å². The SMILES string of the molecule is CCNCC(C)C(=O)CCc1nccn1C. The Morgan fingerprint density at radius 1 is 1.62 bits per heavy atom. The Kier molecular flexibility index (Phi) is 5.19. The van der Waals surface area contributed by atoms with Crippen LogP contribution in [0.2, 0.25) is 0 Å². The number of nitrogens with zero attached hydrogens (tertiary/aromatic N) is 2. The van der Waals surface area contributed by atoms with Gasteiger partial charge in [-0.05, 0) is 6.54 Å². The number of aromatic nitrogens is 2. The summed E-state index contributed by atoms with van der Waals surface area (Å²) >= 11 is 0. The highest BCUT2D eigenvalue weighted by Crippen LogP contribution is 2.05. The predicted molar refractivity (Wildman–Crippen MR) is 64.2 cm³/mol. The number of aryl methyl sites for hydroxylation is 2. The molecule has 0 aliphatic heterocycles. The van der Waals surface area contributed by atoms with Crippen LogP contribution < -0.4 is 5.32 Å². The molecule has 0 aromatic carbocycles. The van der Waals surface area contributed by atoms with Crippen LogP contribution in [0.1, 0.15) is 26.1 Å². The fourth-order valence-electron chi connectivity index (χ4n) is 1.59. The quantitative estimate of drug-likeness (QED) is 0.754. The summed E-state index contributed by atoms with van der Waals surface area (Å²) in [4.78, 5) is 16.0. The molecule has 4 nitrogen and oxygen atoms in total. The molecule has 0 radical (unpaired) electrons. The topological polar surface area (TPSA) is 46.9 Å². The van der Waals surface area contributed by atoms with E-state index in [1.807, 2.05) is 31.7 Å². The van der Waals surface area contributed by atoms with Gasteiger partial charge in [0.15, 0.2) is 0 Å². The van der Waals surface area contributed by atoms with Gasteiger partial charge in [-0.3, -0.25) is 4.79 Å². The van der Waals surface area contributed by atoms with Gasteiger partial charge in [-0.25, -0.2) is 4.98 Å². The van der Waals surface area contributed by atoms with Crippen molar-refractivity contribution in [3.8, 4) is 0 Å². The highest BCUT2D eigenvalue weighted by atomic mass is 16.1. The molecular formula is C12H21N3O. The molecule has 1 N–H and O–H groups in total. The molecule has 90 valence electrons. The molecule has 0 aliphatic carbocycles. The van der Waals surface area contributed by atoms with E-state index in [1.165, 1.54) is 0 Å². The monoisotopic (exact) mass is 223 g/mol. The van der Waals surface area contributed by atoms with Crippen molar-refractivity contribution in [1.29, 1.82) is 0 Å². The molecule has 0 fully saturated rings. The van der Waals surface area contributed by atoms with Crippen LogP contribution in [0, 0.1) is 5.92 Å². The van der Waals surface area contributed by atoms with E-state index in [4.69, 9.17) is 0 Å². The molecular weight excluding hydrogens is 202 g/mol. The normalized spacial score (nSPS) is 12.7. The molecule has 0 bridgehead atoms. The number of imidazole rings is 1. The summed E-state index contributed by atoms with van der Waals surface area (Å²) in [5, 5.41) is 3.19. The van der Waals surface area contributed by atoms with E-state index in [1.54, 1.807) is 6.20 Å². The Balaban J connectivity index is 2.32. The van der Waals surface area contributed by atoms with Crippen molar-refractivity contribution in [3.63, 3.8) is 0 Å². The minimum Gasteiger partial charge on any atom is -0.338 e. The van der Waals surface area contributed by atoms with Crippen LogP contribution in [0.3, 0.4) is 0 Å². The summed E-state index contributed by atoms with van der Waals surface area (Å²) < 4.78 is 1.96. The van der Waals surface area contributed by atoms with Crippen molar-refractivity contribution in [2.75, 3.05) is 13.1 Å². The number of rotatable bonds is 7. The number of carbonyl (C=O) groups excluding carboxylic acids is 1. The third kappa shape index (κ3) is 3.77. The number of ketones is 1. The zero-order chi connectivity index (χ0) is 12.0. The van der Waals surface area contributed by atoms with E-state index >= 15 is 0 Å². The van der Waals surface area contributed by atoms with Gasteiger partial charge in [-0.2, -0.15) is 0 Å². The van der Waals surface area contributed by atoms with E-state index < -0.39 is 0 Å². The molecule has 0 spiro atoms. The largest absolute Gasteiger partial charge is 0.338 e. The standard InChI is InChI=1S/C12H21N3O/c1-4-13-9-10(2)11(16)5-6-12-14-7-8-15(12)3/h7-8,10,13H,4-6,9H2,1-3H3. The lowest BCUT2D eigenvalue weighted by Gasteiger charge is -2.10.